The fraction of sp³-hybridized carbons (Fsp3) is 0.300. The SMILES string of the molecule is CN(CC(F)F)C(=O)c1cc([N+](=O)[O-])cc(Cl)c1Cl. The highest BCUT2D eigenvalue weighted by Gasteiger charge is 2.23. The van der Waals surface area contributed by atoms with Crippen LogP contribution in [0.5, 0.6) is 0 Å². The quantitative estimate of drug-likeness (QED) is 0.633. The lowest BCUT2D eigenvalue weighted by molar-refractivity contribution is -0.384. The average Bonchev–Trinajstić information content (AvgIpc) is 2.30. The van der Waals surface area contributed by atoms with E-state index < -0.39 is 29.5 Å². The van der Waals surface area contributed by atoms with Gasteiger partial charge >= 0.3 is 0 Å². The molecule has 104 valence electrons. The molecule has 0 saturated carbocycles. The van der Waals surface area contributed by atoms with E-state index in [4.69, 9.17) is 23.2 Å². The van der Waals surface area contributed by atoms with E-state index in [1.807, 2.05) is 0 Å². The van der Waals surface area contributed by atoms with E-state index in [9.17, 15) is 23.7 Å². The number of benzene rings is 1. The van der Waals surface area contributed by atoms with Crippen molar-refractivity contribution in [2.24, 2.45) is 0 Å². The predicted molar refractivity (Wildman–Crippen MR) is 66.1 cm³/mol. The summed E-state index contributed by atoms with van der Waals surface area (Å²) in [6, 6.07) is 1.88. The zero-order valence-corrected chi connectivity index (χ0v) is 11.1. The molecule has 0 aliphatic heterocycles. The average molecular weight is 313 g/mol. The number of carbonyl (C=O) groups is 1. The Labute approximate surface area is 116 Å². The highest BCUT2D eigenvalue weighted by atomic mass is 35.5. The maximum absolute atomic E-state index is 12.2. The summed E-state index contributed by atoms with van der Waals surface area (Å²) < 4.78 is 24.4. The van der Waals surface area contributed by atoms with Crippen molar-refractivity contribution in [2.75, 3.05) is 13.6 Å². The van der Waals surface area contributed by atoms with Crippen LogP contribution in [0.3, 0.4) is 0 Å². The van der Waals surface area contributed by atoms with E-state index in [1.165, 1.54) is 0 Å². The van der Waals surface area contributed by atoms with E-state index >= 15 is 0 Å². The van der Waals surface area contributed by atoms with Gasteiger partial charge in [-0.05, 0) is 0 Å². The number of halogens is 4. The van der Waals surface area contributed by atoms with Gasteiger partial charge in [-0.25, -0.2) is 8.78 Å². The molecule has 9 heteroatoms. The maximum Gasteiger partial charge on any atom is 0.271 e. The van der Waals surface area contributed by atoms with Gasteiger partial charge in [0.25, 0.3) is 18.0 Å². The third-order valence-corrected chi connectivity index (χ3v) is 3.01. The molecule has 1 aromatic rings. The molecule has 0 unspecified atom stereocenters. The Morgan fingerprint density at radius 1 is 1.47 bits per heavy atom. The molecule has 0 aliphatic rings. The Morgan fingerprint density at radius 2 is 2.05 bits per heavy atom. The number of carbonyl (C=O) groups excluding carboxylic acids is 1. The lowest BCUT2D eigenvalue weighted by Gasteiger charge is -2.17. The molecule has 0 heterocycles. The van der Waals surface area contributed by atoms with Gasteiger partial charge < -0.3 is 4.90 Å². The summed E-state index contributed by atoms with van der Waals surface area (Å²) in [6.45, 7) is -0.810. The number of non-ortho nitro benzene ring substituents is 1. The summed E-state index contributed by atoms with van der Waals surface area (Å²) in [5.41, 5.74) is -0.729. The third kappa shape index (κ3) is 3.74. The van der Waals surface area contributed by atoms with E-state index in [0.717, 1.165) is 19.2 Å². The molecule has 0 bridgehead atoms. The van der Waals surface area contributed by atoms with Crippen molar-refractivity contribution in [1.82, 2.24) is 4.90 Å². The number of nitro benzene ring substituents is 1. The summed E-state index contributed by atoms with van der Waals surface area (Å²) in [6.07, 6.45) is -2.72. The Bertz CT molecular complexity index is 526. The van der Waals surface area contributed by atoms with Crippen molar-refractivity contribution < 1.29 is 18.5 Å². The van der Waals surface area contributed by atoms with Gasteiger partial charge in [-0.1, -0.05) is 23.2 Å². The summed E-state index contributed by atoms with van der Waals surface area (Å²) in [7, 11) is 1.14. The summed E-state index contributed by atoms with van der Waals surface area (Å²) in [5, 5.41) is 10.2. The second-order valence-corrected chi connectivity index (χ2v) is 4.41. The molecule has 1 rings (SSSR count). The molecular formula is C10H8Cl2F2N2O3. The Morgan fingerprint density at radius 3 is 2.53 bits per heavy atom. The fourth-order valence-corrected chi connectivity index (χ4v) is 1.73. The fourth-order valence-electron chi connectivity index (χ4n) is 1.33. The zero-order chi connectivity index (χ0) is 14.7. The molecule has 0 radical (unpaired) electrons. The summed E-state index contributed by atoms with van der Waals surface area (Å²) in [4.78, 5) is 22.5. The minimum atomic E-state index is -2.72. The van der Waals surface area contributed by atoms with Gasteiger partial charge in [0.1, 0.15) is 0 Å². The van der Waals surface area contributed by atoms with Crippen LogP contribution in [0.2, 0.25) is 10.0 Å². The van der Waals surface area contributed by atoms with Gasteiger partial charge in [0.05, 0.1) is 27.1 Å². The maximum atomic E-state index is 12.2. The topological polar surface area (TPSA) is 63.5 Å². The molecule has 0 aliphatic carbocycles. The van der Waals surface area contributed by atoms with E-state index in [-0.39, 0.29) is 15.6 Å². The first-order chi connectivity index (χ1) is 8.73. The minimum Gasteiger partial charge on any atom is -0.336 e. The van der Waals surface area contributed by atoms with Gasteiger partial charge in [0.2, 0.25) is 0 Å². The van der Waals surface area contributed by atoms with Gasteiger partial charge in [-0.2, -0.15) is 0 Å². The molecule has 0 atom stereocenters. The number of hydrogen-bond acceptors (Lipinski definition) is 3. The second kappa shape index (κ2) is 6.12. The predicted octanol–water partition coefficient (Wildman–Crippen LogP) is 3.24. The van der Waals surface area contributed by atoms with Crippen LogP contribution in [0, 0.1) is 10.1 Å². The Balaban J connectivity index is 3.18. The zero-order valence-electron chi connectivity index (χ0n) is 9.57. The molecule has 0 aromatic heterocycles. The first-order valence-corrected chi connectivity index (χ1v) is 5.66. The first kappa shape index (κ1) is 15.6. The number of nitrogens with zero attached hydrogens (tertiary/aromatic N) is 2. The van der Waals surface area contributed by atoms with Crippen LogP contribution >= 0.6 is 23.2 Å². The van der Waals surface area contributed by atoms with Crippen molar-refractivity contribution >= 4 is 34.8 Å². The van der Waals surface area contributed by atoms with Crippen molar-refractivity contribution in [3.63, 3.8) is 0 Å². The molecule has 0 N–H and O–H groups in total. The summed E-state index contributed by atoms with van der Waals surface area (Å²) >= 11 is 11.4. The standard InChI is InChI=1S/C10H8Cl2F2N2O3/c1-15(4-8(13)14)10(17)6-2-5(16(18)19)3-7(11)9(6)12/h2-3,8H,4H2,1H3. The summed E-state index contributed by atoms with van der Waals surface area (Å²) in [5.74, 6) is -0.865. The Hall–Kier alpha value is -1.47. The van der Waals surface area contributed by atoms with Crippen molar-refractivity contribution in [3.8, 4) is 0 Å². The second-order valence-electron chi connectivity index (χ2n) is 3.62. The van der Waals surface area contributed by atoms with Gasteiger partial charge in [-0.3, -0.25) is 14.9 Å². The first-order valence-electron chi connectivity index (χ1n) is 4.91. The highest BCUT2D eigenvalue weighted by molar-refractivity contribution is 6.44. The number of alkyl halides is 2. The molecule has 5 nitrogen and oxygen atoms in total. The Kier molecular flexibility index (Phi) is 5.02. The molecule has 1 aromatic carbocycles. The minimum absolute atomic E-state index is 0.190. The lowest BCUT2D eigenvalue weighted by Crippen LogP contribution is -2.31. The third-order valence-electron chi connectivity index (χ3n) is 2.21. The molecule has 1 amide bonds. The van der Waals surface area contributed by atoms with Gasteiger partial charge in [0, 0.05) is 19.2 Å². The van der Waals surface area contributed by atoms with Crippen molar-refractivity contribution in [2.45, 2.75) is 6.43 Å². The normalized spacial score (nSPS) is 10.6. The molecule has 0 spiro atoms. The molecule has 0 saturated heterocycles. The van der Waals surface area contributed by atoms with E-state index in [1.54, 1.807) is 0 Å². The molecular weight excluding hydrogens is 305 g/mol. The largest absolute Gasteiger partial charge is 0.336 e. The van der Waals surface area contributed by atoms with Crippen molar-refractivity contribution in [3.05, 3.63) is 37.9 Å². The van der Waals surface area contributed by atoms with E-state index in [0.29, 0.717) is 4.90 Å². The monoisotopic (exact) mass is 312 g/mol. The highest BCUT2D eigenvalue weighted by Crippen LogP contribution is 2.31. The van der Waals surface area contributed by atoms with Crippen LogP contribution in [0.25, 0.3) is 0 Å². The van der Waals surface area contributed by atoms with Crippen LogP contribution in [-0.4, -0.2) is 35.7 Å². The van der Waals surface area contributed by atoms with Gasteiger partial charge in [0.15, 0.2) is 0 Å². The van der Waals surface area contributed by atoms with Crippen LogP contribution in [-0.2, 0) is 0 Å². The lowest BCUT2D eigenvalue weighted by atomic mass is 10.1. The van der Waals surface area contributed by atoms with Crippen LogP contribution < -0.4 is 0 Å². The number of hydrogen-bond donors (Lipinski definition) is 0. The van der Waals surface area contributed by atoms with Crippen LogP contribution in [0.1, 0.15) is 10.4 Å². The van der Waals surface area contributed by atoms with Crippen LogP contribution in [0.4, 0.5) is 14.5 Å². The van der Waals surface area contributed by atoms with Crippen molar-refractivity contribution in [1.29, 1.82) is 0 Å². The molecule has 19 heavy (non-hydrogen) atoms. The number of amides is 1. The van der Waals surface area contributed by atoms with Gasteiger partial charge in [-0.15, -0.1) is 0 Å². The van der Waals surface area contributed by atoms with E-state index in [2.05, 4.69) is 0 Å². The number of nitro groups is 1. The smallest absolute Gasteiger partial charge is 0.271 e. The molecule has 0 fully saturated rings. The number of rotatable bonds is 4. The van der Waals surface area contributed by atoms with Crippen LogP contribution in [0.15, 0.2) is 12.1 Å².